The molecule has 0 aliphatic rings. The van der Waals surface area contributed by atoms with Crippen molar-refractivity contribution in [3.8, 4) is 0 Å². The molecule has 1 aromatic rings. The fraction of sp³-hybridized carbons (Fsp3) is 0.300. The Bertz CT molecular complexity index is 339. The third-order valence-electron chi connectivity index (χ3n) is 1.85. The fourth-order valence-electron chi connectivity index (χ4n) is 1.07. The Balaban J connectivity index is 2.76. The van der Waals surface area contributed by atoms with Crippen molar-refractivity contribution >= 4 is 11.7 Å². The van der Waals surface area contributed by atoms with Crippen molar-refractivity contribution in [1.82, 2.24) is 5.32 Å². The van der Waals surface area contributed by atoms with E-state index in [1.807, 2.05) is 6.92 Å². The summed E-state index contributed by atoms with van der Waals surface area (Å²) in [5.74, 6) is -0.320. The summed E-state index contributed by atoms with van der Waals surface area (Å²) in [5, 5.41) is 5.13. The van der Waals surface area contributed by atoms with Gasteiger partial charge in [-0.3, -0.25) is 0 Å². The Morgan fingerprint density at radius 3 is 2.86 bits per heavy atom. The average molecular weight is 196 g/mol. The first-order chi connectivity index (χ1) is 6.65. The number of carbonyl (C=O) groups is 1. The summed E-state index contributed by atoms with van der Waals surface area (Å²) in [5.41, 5.74) is 0.940. The molecule has 14 heavy (non-hydrogen) atoms. The van der Waals surface area contributed by atoms with Crippen LogP contribution in [-0.2, 0) is 0 Å². The smallest absolute Gasteiger partial charge is 0.319 e. The lowest BCUT2D eigenvalue weighted by atomic mass is 10.2. The number of anilines is 1. The predicted molar refractivity (Wildman–Crippen MR) is 53.8 cm³/mol. The van der Waals surface area contributed by atoms with E-state index < -0.39 is 0 Å². The number of benzene rings is 1. The lowest BCUT2D eigenvalue weighted by Crippen LogP contribution is -2.28. The number of carbonyl (C=O) groups excluding carboxylic acids is 1. The van der Waals surface area contributed by atoms with Crippen molar-refractivity contribution in [1.29, 1.82) is 0 Å². The molecule has 2 amide bonds. The van der Waals surface area contributed by atoms with Crippen LogP contribution >= 0.6 is 0 Å². The van der Waals surface area contributed by atoms with E-state index in [-0.39, 0.29) is 11.8 Å². The van der Waals surface area contributed by atoms with Crippen LogP contribution in [0.2, 0.25) is 0 Å². The van der Waals surface area contributed by atoms with E-state index in [0.29, 0.717) is 17.8 Å². The van der Waals surface area contributed by atoms with Crippen molar-refractivity contribution < 1.29 is 9.18 Å². The number of urea groups is 1. The second-order valence-corrected chi connectivity index (χ2v) is 2.90. The molecule has 0 spiro atoms. The molecule has 0 saturated heterocycles. The predicted octanol–water partition coefficient (Wildman–Crippen LogP) is 2.28. The Labute approximate surface area is 82.3 Å². The second kappa shape index (κ2) is 4.60. The second-order valence-electron chi connectivity index (χ2n) is 2.90. The Kier molecular flexibility index (Phi) is 3.45. The molecule has 0 unspecified atom stereocenters. The summed E-state index contributed by atoms with van der Waals surface area (Å²) in [4.78, 5) is 11.1. The van der Waals surface area contributed by atoms with Gasteiger partial charge in [0.25, 0.3) is 0 Å². The van der Waals surface area contributed by atoms with Gasteiger partial charge in [0.1, 0.15) is 5.82 Å². The van der Waals surface area contributed by atoms with Crippen LogP contribution in [0, 0.1) is 12.7 Å². The first-order valence-electron chi connectivity index (χ1n) is 4.45. The lowest BCUT2D eigenvalue weighted by molar-refractivity contribution is 0.252. The maximum absolute atomic E-state index is 13.0. The summed E-state index contributed by atoms with van der Waals surface area (Å²) in [7, 11) is 0. The van der Waals surface area contributed by atoms with E-state index >= 15 is 0 Å². The molecule has 4 heteroatoms. The van der Waals surface area contributed by atoms with Gasteiger partial charge in [-0.25, -0.2) is 9.18 Å². The highest BCUT2D eigenvalue weighted by molar-refractivity contribution is 5.89. The van der Waals surface area contributed by atoms with E-state index in [9.17, 15) is 9.18 Å². The quantitative estimate of drug-likeness (QED) is 0.748. The number of amides is 2. The molecule has 0 aliphatic heterocycles. The van der Waals surface area contributed by atoms with Gasteiger partial charge in [0.15, 0.2) is 0 Å². The Morgan fingerprint density at radius 2 is 2.21 bits per heavy atom. The molecule has 0 atom stereocenters. The molecule has 76 valence electrons. The highest BCUT2D eigenvalue weighted by Crippen LogP contribution is 2.16. The molecule has 2 N–H and O–H groups in total. The SMILES string of the molecule is CCNC(=O)Nc1cccc(F)c1C. The summed E-state index contributed by atoms with van der Waals surface area (Å²) >= 11 is 0. The Hall–Kier alpha value is -1.58. The number of rotatable bonds is 2. The van der Waals surface area contributed by atoms with E-state index in [0.717, 1.165) is 0 Å². The van der Waals surface area contributed by atoms with Crippen LogP contribution in [0.5, 0.6) is 0 Å². The number of hydrogen-bond acceptors (Lipinski definition) is 1. The van der Waals surface area contributed by atoms with Crippen molar-refractivity contribution in [2.45, 2.75) is 13.8 Å². The minimum atomic E-state index is -0.320. The van der Waals surface area contributed by atoms with Crippen LogP contribution in [0.25, 0.3) is 0 Å². The van der Waals surface area contributed by atoms with E-state index in [1.54, 1.807) is 19.1 Å². The molecule has 0 heterocycles. The largest absolute Gasteiger partial charge is 0.338 e. The van der Waals surface area contributed by atoms with Crippen LogP contribution in [0.4, 0.5) is 14.9 Å². The topological polar surface area (TPSA) is 41.1 Å². The van der Waals surface area contributed by atoms with Gasteiger partial charge in [0, 0.05) is 17.8 Å². The molecule has 0 aliphatic carbocycles. The summed E-state index contributed by atoms with van der Waals surface area (Å²) in [6, 6.07) is 4.26. The highest BCUT2D eigenvalue weighted by Gasteiger charge is 2.05. The number of halogens is 1. The maximum Gasteiger partial charge on any atom is 0.319 e. The van der Waals surface area contributed by atoms with Gasteiger partial charge in [-0.1, -0.05) is 6.07 Å². The van der Waals surface area contributed by atoms with Crippen molar-refractivity contribution in [2.24, 2.45) is 0 Å². The normalized spacial score (nSPS) is 9.64. The fourth-order valence-corrected chi connectivity index (χ4v) is 1.07. The zero-order valence-electron chi connectivity index (χ0n) is 8.23. The summed E-state index contributed by atoms with van der Waals surface area (Å²) < 4.78 is 13.0. The van der Waals surface area contributed by atoms with Gasteiger partial charge in [-0.15, -0.1) is 0 Å². The van der Waals surface area contributed by atoms with Crippen LogP contribution in [0.15, 0.2) is 18.2 Å². The average Bonchev–Trinajstić information content (AvgIpc) is 2.13. The van der Waals surface area contributed by atoms with Gasteiger partial charge in [0.05, 0.1) is 0 Å². The molecular formula is C10H13FN2O. The third-order valence-corrected chi connectivity index (χ3v) is 1.85. The third kappa shape index (κ3) is 2.45. The van der Waals surface area contributed by atoms with Crippen molar-refractivity contribution in [3.63, 3.8) is 0 Å². The molecule has 1 rings (SSSR count). The van der Waals surface area contributed by atoms with Crippen LogP contribution in [0.3, 0.4) is 0 Å². The van der Waals surface area contributed by atoms with Crippen LogP contribution < -0.4 is 10.6 Å². The van der Waals surface area contributed by atoms with Gasteiger partial charge in [-0.2, -0.15) is 0 Å². The molecule has 0 bridgehead atoms. The zero-order valence-corrected chi connectivity index (χ0v) is 8.23. The van der Waals surface area contributed by atoms with Crippen molar-refractivity contribution in [3.05, 3.63) is 29.6 Å². The number of hydrogen-bond donors (Lipinski definition) is 2. The molecule has 0 radical (unpaired) electrons. The van der Waals surface area contributed by atoms with E-state index in [4.69, 9.17) is 0 Å². The van der Waals surface area contributed by atoms with Crippen LogP contribution in [-0.4, -0.2) is 12.6 Å². The summed E-state index contributed by atoms with van der Waals surface area (Å²) in [6.45, 7) is 3.98. The zero-order chi connectivity index (χ0) is 10.6. The first-order valence-corrected chi connectivity index (χ1v) is 4.45. The van der Waals surface area contributed by atoms with Gasteiger partial charge < -0.3 is 10.6 Å². The summed E-state index contributed by atoms with van der Waals surface area (Å²) in [6.07, 6.45) is 0. The van der Waals surface area contributed by atoms with E-state index in [1.165, 1.54) is 6.07 Å². The van der Waals surface area contributed by atoms with E-state index in [2.05, 4.69) is 10.6 Å². The Morgan fingerprint density at radius 1 is 1.50 bits per heavy atom. The molecule has 1 aromatic carbocycles. The van der Waals surface area contributed by atoms with Crippen LogP contribution in [0.1, 0.15) is 12.5 Å². The monoisotopic (exact) mass is 196 g/mol. The van der Waals surface area contributed by atoms with Gasteiger partial charge in [-0.05, 0) is 26.0 Å². The molecular weight excluding hydrogens is 183 g/mol. The highest BCUT2D eigenvalue weighted by atomic mass is 19.1. The lowest BCUT2D eigenvalue weighted by Gasteiger charge is -2.08. The molecule has 0 fully saturated rings. The number of nitrogens with one attached hydrogen (secondary N) is 2. The minimum absolute atomic E-state index is 0.318. The van der Waals surface area contributed by atoms with Gasteiger partial charge >= 0.3 is 6.03 Å². The standard InChI is InChI=1S/C10H13FN2O/c1-3-12-10(14)13-9-6-4-5-8(11)7(9)2/h4-6H,3H2,1-2H3,(H2,12,13,14). The molecule has 3 nitrogen and oxygen atoms in total. The molecule has 0 saturated carbocycles. The first kappa shape index (κ1) is 10.5. The molecule has 0 aromatic heterocycles. The van der Waals surface area contributed by atoms with Crippen molar-refractivity contribution in [2.75, 3.05) is 11.9 Å². The van der Waals surface area contributed by atoms with Gasteiger partial charge in [0.2, 0.25) is 0 Å². The maximum atomic E-state index is 13.0. The minimum Gasteiger partial charge on any atom is -0.338 e.